The molecule has 3 nitrogen and oxygen atoms in total. The summed E-state index contributed by atoms with van der Waals surface area (Å²) < 4.78 is 219. The van der Waals surface area contributed by atoms with E-state index in [-0.39, 0.29) is 6.92 Å². The first-order valence-electron chi connectivity index (χ1n) is 9.72. The lowest BCUT2D eigenvalue weighted by atomic mass is 9.88. The number of rotatable bonds is 12. The summed E-state index contributed by atoms with van der Waals surface area (Å²) in [5.41, 5.74) is -0.466. The summed E-state index contributed by atoms with van der Waals surface area (Å²) in [6.45, 7) is 1.22. The maximum Gasteiger partial charge on any atom is 0.426 e. The number of benzene rings is 1. The van der Waals surface area contributed by atoms with Gasteiger partial charge in [-0.25, -0.2) is 4.79 Å². The highest BCUT2D eigenvalue weighted by atomic mass is 19.4. The van der Waals surface area contributed by atoms with Crippen LogP contribution in [-0.2, 0) is 16.1 Å². The van der Waals surface area contributed by atoms with Gasteiger partial charge in [0, 0.05) is 12.5 Å². The number of hydrogen-bond acceptors (Lipinski definition) is 2. The Bertz CT molecular complexity index is 976. The fourth-order valence-electron chi connectivity index (χ4n) is 2.26. The Hall–Kier alpha value is -2.73. The van der Waals surface area contributed by atoms with E-state index in [1.165, 1.54) is 6.07 Å². The second kappa shape index (κ2) is 11.4. The maximum atomic E-state index is 13.7. The van der Waals surface area contributed by atoms with Crippen molar-refractivity contribution in [2.45, 2.75) is 67.5 Å². The van der Waals surface area contributed by atoms with Crippen molar-refractivity contribution in [1.82, 2.24) is 0 Å². The predicted molar refractivity (Wildman–Crippen MR) is 98.9 cm³/mol. The Balaban J connectivity index is 0.00000263. The zero-order valence-corrected chi connectivity index (χ0v) is 18.9. The molecule has 0 aliphatic carbocycles. The normalized spacial score (nSPS) is 14.4. The molecule has 1 aromatic rings. The van der Waals surface area contributed by atoms with E-state index in [0.717, 1.165) is 30.3 Å². The zero-order chi connectivity index (χ0) is 31.5. The average molecular weight is 608 g/mol. The number of ether oxygens (including phenoxy) is 1. The van der Waals surface area contributed by atoms with Crippen LogP contribution in [0.5, 0.6) is 0 Å². The Morgan fingerprint density at radius 3 is 1.38 bits per heavy atom. The van der Waals surface area contributed by atoms with Gasteiger partial charge in [-0.1, -0.05) is 43.8 Å². The Kier molecular flexibility index (Phi) is 10.6. The zero-order valence-electron chi connectivity index (χ0n) is 18.9. The molecule has 0 atom stereocenters. The van der Waals surface area contributed by atoms with Crippen LogP contribution in [0.25, 0.3) is 0 Å². The SMILES string of the molecule is C=CC(=O)O.CCC(F)(F)C(F)(F)C(F)(F)C(F)(F)C(F)(F)C(F)(F)C(F)(F)C(F)(F)OCc1ccccc1. The van der Waals surface area contributed by atoms with Gasteiger partial charge in [-0.05, 0) is 5.56 Å². The van der Waals surface area contributed by atoms with Crippen LogP contribution >= 0.6 is 0 Å². The summed E-state index contributed by atoms with van der Waals surface area (Å²) in [5.74, 6) is -55.7. The third kappa shape index (κ3) is 6.21. The maximum absolute atomic E-state index is 13.7. The average Bonchev–Trinajstić information content (AvgIpc) is 2.82. The second-order valence-electron chi connectivity index (χ2n) is 7.34. The number of halogens is 16. The van der Waals surface area contributed by atoms with Crippen LogP contribution in [-0.4, -0.2) is 58.6 Å². The van der Waals surface area contributed by atoms with E-state index in [4.69, 9.17) is 5.11 Å². The first-order chi connectivity index (χ1) is 17.2. The molecule has 0 aromatic heterocycles. The summed E-state index contributed by atoms with van der Waals surface area (Å²) in [6.07, 6.45) is -8.37. The lowest BCUT2D eigenvalue weighted by Gasteiger charge is -2.43. The first-order valence-corrected chi connectivity index (χ1v) is 9.72. The van der Waals surface area contributed by atoms with Crippen molar-refractivity contribution in [2.75, 3.05) is 0 Å². The van der Waals surface area contributed by atoms with E-state index in [1.807, 2.05) is 0 Å². The van der Waals surface area contributed by atoms with Gasteiger partial charge in [0.1, 0.15) is 0 Å². The highest BCUT2D eigenvalue weighted by Gasteiger charge is 2.95. The lowest BCUT2D eigenvalue weighted by Crippen LogP contribution is -2.74. The number of carboxylic acids is 1. The molecule has 0 heterocycles. The molecule has 0 aliphatic rings. The topological polar surface area (TPSA) is 46.5 Å². The van der Waals surface area contributed by atoms with E-state index >= 15 is 0 Å². The van der Waals surface area contributed by atoms with Crippen molar-refractivity contribution in [3.8, 4) is 0 Å². The number of alkyl halides is 16. The van der Waals surface area contributed by atoms with Crippen molar-refractivity contribution in [3.63, 3.8) is 0 Å². The molecule has 0 spiro atoms. The van der Waals surface area contributed by atoms with Crippen molar-refractivity contribution < 1.29 is 84.9 Å². The van der Waals surface area contributed by atoms with Crippen LogP contribution in [0.2, 0.25) is 0 Å². The Morgan fingerprint density at radius 1 is 0.718 bits per heavy atom. The summed E-state index contributed by atoms with van der Waals surface area (Å²) in [7, 11) is 0. The summed E-state index contributed by atoms with van der Waals surface area (Å²) >= 11 is 0. The van der Waals surface area contributed by atoms with Gasteiger partial charge in [0.15, 0.2) is 0 Å². The van der Waals surface area contributed by atoms with E-state index in [0.29, 0.717) is 0 Å². The molecule has 0 saturated carbocycles. The monoisotopic (exact) mass is 608 g/mol. The van der Waals surface area contributed by atoms with Crippen molar-refractivity contribution in [1.29, 1.82) is 0 Å². The number of carboxylic acid groups (broad SMARTS) is 1. The largest absolute Gasteiger partial charge is 0.478 e. The molecule has 0 amide bonds. The van der Waals surface area contributed by atoms with Crippen LogP contribution in [0.15, 0.2) is 43.0 Å². The molecule has 1 rings (SSSR count). The second-order valence-corrected chi connectivity index (χ2v) is 7.34. The fraction of sp³-hybridized carbons (Fsp3) is 0.550. The molecule has 0 fully saturated rings. The number of aliphatic carboxylic acids is 1. The van der Waals surface area contributed by atoms with Crippen LogP contribution in [0.3, 0.4) is 0 Å². The molecule has 19 heteroatoms. The molecular weight excluding hydrogens is 592 g/mol. The molecule has 0 saturated heterocycles. The molecule has 0 radical (unpaired) electrons. The minimum Gasteiger partial charge on any atom is -0.478 e. The van der Waals surface area contributed by atoms with E-state index in [1.54, 1.807) is 0 Å². The Morgan fingerprint density at radius 2 is 1.05 bits per heavy atom. The van der Waals surface area contributed by atoms with Gasteiger partial charge in [-0.2, -0.15) is 70.2 Å². The van der Waals surface area contributed by atoms with Gasteiger partial charge in [-0.3, -0.25) is 0 Å². The van der Waals surface area contributed by atoms with Crippen LogP contribution in [0.4, 0.5) is 70.2 Å². The summed E-state index contributed by atoms with van der Waals surface area (Å²) in [4.78, 5) is 9.25. The highest BCUT2D eigenvalue weighted by Crippen LogP contribution is 2.64. The lowest BCUT2D eigenvalue weighted by molar-refractivity contribution is -0.473. The van der Waals surface area contributed by atoms with Crippen LogP contribution in [0, 0.1) is 0 Å². The molecule has 0 unspecified atom stereocenters. The van der Waals surface area contributed by atoms with Gasteiger partial charge >= 0.3 is 53.5 Å². The van der Waals surface area contributed by atoms with E-state index < -0.39 is 72.1 Å². The summed E-state index contributed by atoms with van der Waals surface area (Å²) in [6, 6.07) is 5.13. The molecule has 39 heavy (non-hydrogen) atoms. The third-order valence-electron chi connectivity index (χ3n) is 4.68. The molecular formula is C20H16F16O3. The van der Waals surface area contributed by atoms with Crippen molar-refractivity contribution in [2.24, 2.45) is 0 Å². The minimum atomic E-state index is -8.44. The van der Waals surface area contributed by atoms with E-state index in [9.17, 15) is 75.0 Å². The third-order valence-corrected chi connectivity index (χ3v) is 4.68. The van der Waals surface area contributed by atoms with Crippen molar-refractivity contribution >= 4 is 5.97 Å². The number of carbonyl (C=O) groups is 1. The van der Waals surface area contributed by atoms with Gasteiger partial charge in [0.25, 0.3) is 0 Å². The van der Waals surface area contributed by atoms with Crippen molar-refractivity contribution in [3.05, 3.63) is 48.6 Å². The smallest absolute Gasteiger partial charge is 0.426 e. The predicted octanol–water partition coefficient (Wildman–Crippen LogP) is 7.91. The molecule has 0 aliphatic heterocycles. The fourth-order valence-corrected chi connectivity index (χ4v) is 2.26. The van der Waals surface area contributed by atoms with Gasteiger partial charge in [0.05, 0.1) is 6.61 Å². The quantitative estimate of drug-likeness (QED) is 0.194. The molecule has 1 N–H and O–H groups in total. The number of hydrogen-bond donors (Lipinski definition) is 1. The van der Waals surface area contributed by atoms with Crippen LogP contribution < -0.4 is 0 Å². The van der Waals surface area contributed by atoms with Gasteiger partial charge in [-0.15, -0.1) is 0 Å². The molecule has 226 valence electrons. The van der Waals surface area contributed by atoms with Gasteiger partial charge in [0.2, 0.25) is 0 Å². The van der Waals surface area contributed by atoms with Gasteiger partial charge < -0.3 is 9.84 Å². The summed E-state index contributed by atoms with van der Waals surface area (Å²) in [5, 5.41) is 7.60. The highest BCUT2D eigenvalue weighted by molar-refractivity contribution is 5.78. The minimum absolute atomic E-state index is 0.0202. The van der Waals surface area contributed by atoms with E-state index in [2.05, 4.69) is 11.3 Å². The first kappa shape index (κ1) is 36.3. The molecule has 0 bridgehead atoms. The Labute approximate surface area is 208 Å². The standard InChI is InChI=1S/C17H12F16O.C3H4O2/c1-2-10(18,19)11(20,21)12(22,23)13(24,25)14(26,27)15(28,29)16(30,31)17(32,33)34-8-9-6-4-3-5-7-9;1-2-3(4)5/h3-7H,2,8H2,1H3;2H,1H2,(H,4,5). The molecule has 1 aromatic carbocycles. The van der Waals surface area contributed by atoms with Crippen LogP contribution in [0.1, 0.15) is 18.9 Å².